The summed E-state index contributed by atoms with van der Waals surface area (Å²) in [4.78, 5) is 16.1. The molecule has 128 valence electrons. The highest BCUT2D eigenvalue weighted by Gasteiger charge is 2.28. The fourth-order valence-electron chi connectivity index (χ4n) is 2.84. The lowest BCUT2D eigenvalue weighted by Crippen LogP contribution is -2.40. The van der Waals surface area contributed by atoms with Crippen LogP contribution in [0.2, 0.25) is 0 Å². The molecule has 1 fully saturated rings. The zero-order valence-electron chi connectivity index (χ0n) is 14.2. The largest absolute Gasteiger partial charge is 0.420 e. The Labute approximate surface area is 141 Å². The fraction of sp³-hybridized carbons (Fsp3) is 0.471. The summed E-state index contributed by atoms with van der Waals surface area (Å²) >= 11 is 0. The number of likely N-dealkylation sites (N-methyl/N-ethyl adjacent to an activating group) is 1. The molecule has 7 heteroatoms. The highest BCUT2D eigenvalue weighted by Crippen LogP contribution is 2.23. The maximum Gasteiger partial charge on any atom is 0.254 e. The standard InChI is InChI=1S/C17H22N4O3/c1-12-9-20(2)10-14(23-12)16-19-18-15(24-16)11-21(3)17(22)13-7-5-4-6-8-13/h4-8,12,14H,9-11H2,1-3H3/t12-,14-/m1/s1. The van der Waals surface area contributed by atoms with Crippen LogP contribution in [0.3, 0.4) is 0 Å². The predicted octanol–water partition coefficient (Wildman–Crippen LogP) is 1.73. The Balaban J connectivity index is 1.64. The van der Waals surface area contributed by atoms with Crippen molar-refractivity contribution in [2.75, 3.05) is 27.2 Å². The maximum atomic E-state index is 12.3. The van der Waals surface area contributed by atoms with Crippen molar-refractivity contribution in [1.82, 2.24) is 20.0 Å². The second-order valence-electron chi connectivity index (χ2n) is 6.22. The summed E-state index contributed by atoms with van der Waals surface area (Å²) in [5, 5.41) is 8.14. The Morgan fingerprint density at radius 3 is 2.75 bits per heavy atom. The summed E-state index contributed by atoms with van der Waals surface area (Å²) in [5.74, 6) is 0.780. The van der Waals surface area contributed by atoms with Gasteiger partial charge < -0.3 is 19.0 Å². The van der Waals surface area contributed by atoms with Gasteiger partial charge in [0.25, 0.3) is 5.91 Å². The van der Waals surface area contributed by atoms with E-state index in [0.29, 0.717) is 23.9 Å². The normalized spacial score (nSPS) is 21.6. The molecular formula is C17H22N4O3. The molecule has 1 saturated heterocycles. The number of hydrogen-bond acceptors (Lipinski definition) is 6. The average molecular weight is 330 g/mol. The lowest BCUT2D eigenvalue weighted by atomic mass is 10.2. The van der Waals surface area contributed by atoms with Gasteiger partial charge in [-0.2, -0.15) is 0 Å². The fourth-order valence-corrected chi connectivity index (χ4v) is 2.84. The van der Waals surface area contributed by atoms with Crippen molar-refractivity contribution in [2.24, 2.45) is 0 Å². The van der Waals surface area contributed by atoms with E-state index in [0.717, 1.165) is 6.54 Å². The Morgan fingerprint density at radius 2 is 2.04 bits per heavy atom. The molecule has 1 aliphatic heterocycles. The van der Waals surface area contributed by atoms with Crippen molar-refractivity contribution < 1.29 is 13.9 Å². The molecule has 1 amide bonds. The second kappa shape index (κ2) is 7.11. The third-order valence-corrected chi connectivity index (χ3v) is 3.94. The van der Waals surface area contributed by atoms with Crippen LogP contribution in [-0.4, -0.2) is 59.2 Å². The minimum atomic E-state index is -0.227. The molecule has 2 heterocycles. The minimum Gasteiger partial charge on any atom is -0.420 e. The number of carbonyl (C=O) groups is 1. The summed E-state index contributed by atoms with van der Waals surface area (Å²) in [6.45, 7) is 3.88. The maximum absolute atomic E-state index is 12.3. The molecular weight excluding hydrogens is 308 g/mol. The molecule has 1 aromatic heterocycles. The monoisotopic (exact) mass is 330 g/mol. The predicted molar refractivity (Wildman–Crippen MR) is 87.3 cm³/mol. The first-order valence-corrected chi connectivity index (χ1v) is 7.99. The molecule has 0 N–H and O–H groups in total. The molecule has 2 aromatic rings. The Kier molecular flexibility index (Phi) is 4.92. The van der Waals surface area contributed by atoms with Gasteiger partial charge in [-0.15, -0.1) is 10.2 Å². The van der Waals surface area contributed by atoms with Gasteiger partial charge in [0.2, 0.25) is 11.8 Å². The number of rotatable bonds is 4. The van der Waals surface area contributed by atoms with E-state index in [1.54, 1.807) is 24.1 Å². The topological polar surface area (TPSA) is 71.7 Å². The lowest BCUT2D eigenvalue weighted by molar-refractivity contribution is -0.0826. The summed E-state index contributed by atoms with van der Waals surface area (Å²) in [6, 6.07) is 9.12. The molecule has 1 aliphatic rings. The van der Waals surface area contributed by atoms with Crippen LogP contribution in [0.1, 0.15) is 35.2 Å². The second-order valence-corrected chi connectivity index (χ2v) is 6.22. The van der Waals surface area contributed by atoms with Crippen LogP contribution in [0.5, 0.6) is 0 Å². The van der Waals surface area contributed by atoms with Crippen molar-refractivity contribution >= 4 is 5.91 Å². The highest BCUT2D eigenvalue weighted by atomic mass is 16.5. The molecule has 0 radical (unpaired) electrons. The number of benzene rings is 1. The Bertz CT molecular complexity index is 678. The molecule has 0 spiro atoms. The van der Waals surface area contributed by atoms with Crippen LogP contribution < -0.4 is 0 Å². The molecule has 7 nitrogen and oxygen atoms in total. The van der Waals surface area contributed by atoms with Crippen LogP contribution in [0.15, 0.2) is 34.7 Å². The van der Waals surface area contributed by atoms with E-state index in [1.165, 1.54) is 0 Å². The van der Waals surface area contributed by atoms with E-state index >= 15 is 0 Å². The number of hydrogen-bond donors (Lipinski definition) is 0. The quantitative estimate of drug-likeness (QED) is 0.850. The molecule has 0 unspecified atom stereocenters. The zero-order valence-corrected chi connectivity index (χ0v) is 14.2. The zero-order chi connectivity index (χ0) is 17.1. The molecule has 3 rings (SSSR count). The van der Waals surface area contributed by atoms with E-state index in [2.05, 4.69) is 15.1 Å². The minimum absolute atomic E-state index is 0.0855. The summed E-state index contributed by atoms with van der Waals surface area (Å²) in [7, 11) is 3.75. The molecule has 2 atom stereocenters. The van der Waals surface area contributed by atoms with Gasteiger partial charge in [0.1, 0.15) is 6.10 Å². The van der Waals surface area contributed by atoms with Gasteiger partial charge >= 0.3 is 0 Å². The number of aromatic nitrogens is 2. The Morgan fingerprint density at radius 1 is 1.29 bits per heavy atom. The number of morpholine rings is 1. The van der Waals surface area contributed by atoms with Crippen molar-refractivity contribution in [3.8, 4) is 0 Å². The first-order chi connectivity index (χ1) is 11.5. The number of carbonyl (C=O) groups excluding carboxylic acids is 1. The summed E-state index contributed by atoms with van der Waals surface area (Å²) in [5.41, 5.74) is 0.630. The SMILES string of the molecule is C[C@@H]1CN(C)C[C@H](c2nnc(CN(C)C(=O)c3ccccc3)o2)O1. The molecule has 24 heavy (non-hydrogen) atoms. The summed E-state index contributed by atoms with van der Waals surface area (Å²) in [6.07, 6.45) is -0.110. The van der Waals surface area contributed by atoms with Crippen LogP contribution >= 0.6 is 0 Å². The van der Waals surface area contributed by atoms with E-state index in [1.807, 2.05) is 32.2 Å². The van der Waals surface area contributed by atoms with Crippen molar-refractivity contribution in [3.63, 3.8) is 0 Å². The van der Waals surface area contributed by atoms with Crippen LogP contribution in [0, 0.1) is 0 Å². The van der Waals surface area contributed by atoms with Gasteiger partial charge in [0.05, 0.1) is 12.6 Å². The Hall–Kier alpha value is -2.25. The van der Waals surface area contributed by atoms with Gasteiger partial charge in [-0.25, -0.2) is 0 Å². The smallest absolute Gasteiger partial charge is 0.254 e. The average Bonchev–Trinajstić information content (AvgIpc) is 3.02. The first-order valence-electron chi connectivity index (χ1n) is 7.99. The van der Waals surface area contributed by atoms with Gasteiger partial charge in [-0.3, -0.25) is 4.79 Å². The van der Waals surface area contributed by atoms with E-state index in [-0.39, 0.29) is 24.7 Å². The van der Waals surface area contributed by atoms with Crippen molar-refractivity contribution in [1.29, 1.82) is 0 Å². The van der Waals surface area contributed by atoms with E-state index in [9.17, 15) is 4.79 Å². The van der Waals surface area contributed by atoms with Gasteiger partial charge in [0, 0.05) is 25.7 Å². The van der Waals surface area contributed by atoms with Crippen LogP contribution in [-0.2, 0) is 11.3 Å². The summed E-state index contributed by atoms with van der Waals surface area (Å²) < 4.78 is 11.6. The van der Waals surface area contributed by atoms with E-state index < -0.39 is 0 Å². The third-order valence-electron chi connectivity index (χ3n) is 3.94. The van der Waals surface area contributed by atoms with Crippen molar-refractivity contribution in [3.05, 3.63) is 47.7 Å². The van der Waals surface area contributed by atoms with Crippen LogP contribution in [0.4, 0.5) is 0 Å². The first kappa shape index (κ1) is 16.6. The third kappa shape index (κ3) is 3.80. The van der Waals surface area contributed by atoms with Gasteiger partial charge in [0.15, 0.2) is 0 Å². The molecule has 0 aliphatic carbocycles. The number of nitrogens with zero attached hydrogens (tertiary/aromatic N) is 4. The van der Waals surface area contributed by atoms with Crippen LogP contribution in [0.25, 0.3) is 0 Å². The van der Waals surface area contributed by atoms with E-state index in [4.69, 9.17) is 9.15 Å². The molecule has 1 aromatic carbocycles. The van der Waals surface area contributed by atoms with Gasteiger partial charge in [-0.05, 0) is 26.1 Å². The lowest BCUT2D eigenvalue weighted by Gasteiger charge is -2.32. The number of ether oxygens (including phenoxy) is 1. The van der Waals surface area contributed by atoms with Crippen molar-refractivity contribution in [2.45, 2.75) is 25.7 Å². The highest BCUT2D eigenvalue weighted by molar-refractivity contribution is 5.93. The van der Waals surface area contributed by atoms with Gasteiger partial charge in [-0.1, -0.05) is 18.2 Å². The molecule has 0 saturated carbocycles. The number of amides is 1. The molecule has 0 bridgehead atoms.